The number of benzene rings is 1. The van der Waals surface area contributed by atoms with Crippen LogP contribution in [-0.2, 0) is 4.79 Å². The van der Waals surface area contributed by atoms with Crippen LogP contribution in [-0.4, -0.2) is 11.8 Å². The van der Waals surface area contributed by atoms with E-state index in [1.807, 2.05) is 62.2 Å². The van der Waals surface area contributed by atoms with Gasteiger partial charge in [0.15, 0.2) is 5.76 Å². The third-order valence-electron chi connectivity index (χ3n) is 2.57. The van der Waals surface area contributed by atoms with Crippen LogP contribution in [0.4, 0.5) is 0 Å². The highest BCUT2D eigenvalue weighted by Gasteiger charge is 2.06. The fourth-order valence-electron chi connectivity index (χ4n) is 1.79. The Morgan fingerprint density at radius 2 is 1.83 bits per heavy atom. The standard InChI is InChI=1S/C14H11NO.CH2O/c1-10-5-4-7-12(15-10)14-9-11-6-2-3-8-13(11)16-14;1-2/h2-9H,1H3;1H2. The molecule has 0 aliphatic heterocycles. The first-order chi connectivity index (χ1) is 8.83. The zero-order valence-corrected chi connectivity index (χ0v) is 10.1. The van der Waals surface area contributed by atoms with Crippen molar-refractivity contribution in [3.05, 3.63) is 54.2 Å². The predicted octanol–water partition coefficient (Wildman–Crippen LogP) is 3.62. The summed E-state index contributed by atoms with van der Waals surface area (Å²) in [6, 6.07) is 15.9. The van der Waals surface area contributed by atoms with Crippen LogP contribution >= 0.6 is 0 Å². The molecule has 3 heteroatoms. The maximum absolute atomic E-state index is 8.00. The Kier molecular flexibility index (Phi) is 3.53. The highest BCUT2D eigenvalue weighted by atomic mass is 16.3. The number of nitrogens with zero attached hydrogens (tertiary/aromatic N) is 1. The van der Waals surface area contributed by atoms with Gasteiger partial charge in [-0.2, -0.15) is 0 Å². The summed E-state index contributed by atoms with van der Waals surface area (Å²) in [5.74, 6) is 0.824. The van der Waals surface area contributed by atoms with Gasteiger partial charge in [0, 0.05) is 11.1 Å². The average molecular weight is 239 g/mol. The van der Waals surface area contributed by atoms with Gasteiger partial charge in [-0.3, -0.25) is 0 Å². The third kappa shape index (κ3) is 2.30. The molecule has 0 amide bonds. The van der Waals surface area contributed by atoms with Gasteiger partial charge < -0.3 is 9.21 Å². The molecule has 1 aromatic carbocycles. The zero-order chi connectivity index (χ0) is 13.0. The van der Waals surface area contributed by atoms with Gasteiger partial charge in [0.2, 0.25) is 0 Å². The van der Waals surface area contributed by atoms with Gasteiger partial charge in [-0.25, -0.2) is 4.98 Å². The molecule has 0 radical (unpaired) electrons. The molecule has 0 saturated carbocycles. The molecule has 0 atom stereocenters. The fourth-order valence-corrected chi connectivity index (χ4v) is 1.79. The Labute approximate surface area is 105 Å². The number of furan rings is 1. The number of hydrogen-bond acceptors (Lipinski definition) is 3. The van der Waals surface area contributed by atoms with E-state index in [0.717, 1.165) is 28.1 Å². The second-order valence-corrected chi connectivity index (χ2v) is 3.81. The molecule has 0 bridgehead atoms. The van der Waals surface area contributed by atoms with E-state index >= 15 is 0 Å². The number of aromatic nitrogens is 1. The fraction of sp³-hybridized carbons (Fsp3) is 0.0667. The van der Waals surface area contributed by atoms with E-state index in [-0.39, 0.29) is 0 Å². The summed E-state index contributed by atoms with van der Waals surface area (Å²) in [5.41, 5.74) is 2.79. The summed E-state index contributed by atoms with van der Waals surface area (Å²) < 4.78 is 5.75. The molecule has 3 rings (SSSR count). The van der Waals surface area contributed by atoms with Crippen molar-refractivity contribution in [2.75, 3.05) is 0 Å². The third-order valence-corrected chi connectivity index (χ3v) is 2.57. The Morgan fingerprint density at radius 3 is 2.56 bits per heavy atom. The first kappa shape index (κ1) is 12.0. The van der Waals surface area contributed by atoms with Crippen LogP contribution in [0.1, 0.15) is 5.69 Å². The van der Waals surface area contributed by atoms with Crippen molar-refractivity contribution in [3.8, 4) is 11.5 Å². The highest BCUT2D eigenvalue weighted by molar-refractivity contribution is 5.82. The van der Waals surface area contributed by atoms with Crippen LogP contribution in [0.5, 0.6) is 0 Å². The highest BCUT2D eigenvalue weighted by Crippen LogP contribution is 2.26. The summed E-state index contributed by atoms with van der Waals surface area (Å²) >= 11 is 0. The normalized spacial score (nSPS) is 9.83. The van der Waals surface area contributed by atoms with Crippen molar-refractivity contribution >= 4 is 17.8 Å². The quantitative estimate of drug-likeness (QED) is 0.651. The molecular formula is C15H13NO2. The summed E-state index contributed by atoms with van der Waals surface area (Å²) in [7, 11) is 0. The lowest BCUT2D eigenvalue weighted by Crippen LogP contribution is -1.83. The molecule has 0 saturated heterocycles. The van der Waals surface area contributed by atoms with E-state index in [2.05, 4.69) is 4.98 Å². The monoisotopic (exact) mass is 239 g/mol. The summed E-state index contributed by atoms with van der Waals surface area (Å²) in [4.78, 5) is 12.4. The zero-order valence-electron chi connectivity index (χ0n) is 10.1. The molecule has 0 spiro atoms. The number of carbonyl (C=O) groups is 1. The number of aryl methyl sites for hydroxylation is 1. The van der Waals surface area contributed by atoms with Crippen LogP contribution in [0.25, 0.3) is 22.4 Å². The number of hydrogen-bond donors (Lipinski definition) is 0. The Morgan fingerprint density at radius 1 is 1.06 bits per heavy atom. The van der Waals surface area contributed by atoms with Crippen molar-refractivity contribution < 1.29 is 9.21 Å². The number of fused-ring (bicyclic) bond motifs is 1. The molecular weight excluding hydrogens is 226 g/mol. The summed E-state index contributed by atoms with van der Waals surface area (Å²) in [6.07, 6.45) is 0. The van der Waals surface area contributed by atoms with Crippen LogP contribution in [0.15, 0.2) is 52.9 Å². The predicted molar refractivity (Wildman–Crippen MR) is 71.3 cm³/mol. The summed E-state index contributed by atoms with van der Waals surface area (Å²) in [6.45, 7) is 3.98. The smallest absolute Gasteiger partial charge is 0.153 e. The Hall–Kier alpha value is -2.42. The van der Waals surface area contributed by atoms with E-state index in [4.69, 9.17) is 9.21 Å². The summed E-state index contributed by atoms with van der Waals surface area (Å²) in [5, 5.41) is 1.11. The van der Waals surface area contributed by atoms with Crippen LogP contribution < -0.4 is 0 Å². The van der Waals surface area contributed by atoms with Gasteiger partial charge in [0.1, 0.15) is 18.1 Å². The molecule has 2 heterocycles. The van der Waals surface area contributed by atoms with Crippen LogP contribution in [0, 0.1) is 6.92 Å². The molecule has 2 aromatic heterocycles. The molecule has 3 aromatic rings. The van der Waals surface area contributed by atoms with Gasteiger partial charge in [-0.05, 0) is 31.2 Å². The molecule has 18 heavy (non-hydrogen) atoms. The first-order valence-corrected chi connectivity index (χ1v) is 5.54. The van der Waals surface area contributed by atoms with Crippen molar-refractivity contribution in [3.63, 3.8) is 0 Å². The molecule has 0 aliphatic rings. The van der Waals surface area contributed by atoms with E-state index < -0.39 is 0 Å². The topological polar surface area (TPSA) is 43.1 Å². The lowest BCUT2D eigenvalue weighted by molar-refractivity contribution is -0.0979. The molecule has 0 N–H and O–H groups in total. The number of pyridine rings is 1. The molecule has 0 unspecified atom stereocenters. The minimum absolute atomic E-state index is 0.824. The van der Waals surface area contributed by atoms with E-state index in [0.29, 0.717) is 0 Å². The SMILES string of the molecule is C=O.Cc1cccc(-c2cc3ccccc3o2)n1. The largest absolute Gasteiger partial charge is 0.454 e. The van der Waals surface area contributed by atoms with Crippen LogP contribution in [0.2, 0.25) is 0 Å². The van der Waals surface area contributed by atoms with Crippen molar-refractivity contribution in [2.45, 2.75) is 6.92 Å². The van der Waals surface area contributed by atoms with Crippen molar-refractivity contribution in [1.82, 2.24) is 4.98 Å². The lowest BCUT2D eigenvalue weighted by Gasteiger charge is -1.96. The van der Waals surface area contributed by atoms with E-state index in [9.17, 15) is 0 Å². The average Bonchev–Trinajstić information content (AvgIpc) is 2.85. The second kappa shape index (κ2) is 5.27. The minimum atomic E-state index is 0.824. The maximum Gasteiger partial charge on any atom is 0.153 e. The molecule has 0 fully saturated rings. The first-order valence-electron chi connectivity index (χ1n) is 5.54. The van der Waals surface area contributed by atoms with Crippen LogP contribution in [0.3, 0.4) is 0 Å². The van der Waals surface area contributed by atoms with Gasteiger partial charge >= 0.3 is 0 Å². The number of para-hydroxylation sites is 1. The van der Waals surface area contributed by atoms with Crippen molar-refractivity contribution in [2.24, 2.45) is 0 Å². The van der Waals surface area contributed by atoms with Gasteiger partial charge in [-0.1, -0.05) is 24.3 Å². The molecule has 90 valence electrons. The number of carbonyl (C=O) groups excluding carboxylic acids is 1. The van der Waals surface area contributed by atoms with Crippen molar-refractivity contribution in [1.29, 1.82) is 0 Å². The Bertz CT molecular complexity index is 625. The molecule has 3 nitrogen and oxygen atoms in total. The minimum Gasteiger partial charge on any atom is -0.454 e. The van der Waals surface area contributed by atoms with Gasteiger partial charge in [0.25, 0.3) is 0 Å². The van der Waals surface area contributed by atoms with Gasteiger partial charge in [0.05, 0.1) is 0 Å². The van der Waals surface area contributed by atoms with E-state index in [1.165, 1.54) is 0 Å². The second-order valence-electron chi connectivity index (χ2n) is 3.81. The maximum atomic E-state index is 8.00. The Balaban J connectivity index is 0.000000574. The lowest BCUT2D eigenvalue weighted by atomic mass is 10.2. The van der Waals surface area contributed by atoms with Gasteiger partial charge in [-0.15, -0.1) is 0 Å². The number of rotatable bonds is 1. The van der Waals surface area contributed by atoms with E-state index in [1.54, 1.807) is 0 Å². The molecule has 0 aliphatic carbocycles.